The van der Waals surface area contributed by atoms with Gasteiger partial charge < -0.3 is 14.4 Å². The predicted octanol–water partition coefficient (Wildman–Crippen LogP) is 1.34. The molecule has 1 aliphatic rings. The van der Waals surface area contributed by atoms with Gasteiger partial charge in [-0.3, -0.25) is 0 Å². The summed E-state index contributed by atoms with van der Waals surface area (Å²) in [6.07, 6.45) is 2.82. The summed E-state index contributed by atoms with van der Waals surface area (Å²) in [5, 5.41) is 1.83. The molecule has 0 radical (unpaired) electrons. The zero-order chi connectivity index (χ0) is 9.10. The Morgan fingerprint density at radius 2 is 2.62 bits per heavy atom. The van der Waals surface area contributed by atoms with Crippen LogP contribution in [0.25, 0.3) is 0 Å². The molecule has 5 heteroatoms. The molecule has 1 aromatic heterocycles. The summed E-state index contributed by atoms with van der Waals surface area (Å²) in [6.45, 7) is 2.53. The lowest BCUT2D eigenvalue weighted by Crippen LogP contribution is -2.32. The molecule has 0 N–H and O–H groups in total. The summed E-state index contributed by atoms with van der Waals surface area (Å²) in [5.74, 6) is 0. The summed E-state index contributed by atoms with van der Waals surface area (Å²) in [5.41, 5.74) is 0. The van der Waals surface area contributed by atoms with Gasteiger partial charge in [0.15, 0.2) is 10.2 Å². The van der Waals surface area contributed by atoms with Crippen LogP contribution in [0.15, 0.2) is 6.20 Å². The number of nitrogens with zero attached hydrogens (tertiary/aromatic N) is 2. The third kappa shape index (κ3) is 1.92. The second-order valence-corrected chi connectivity index (χ2v) is 3.79. The Morgan fingerprint density at radius 1 is 1.69 bits per heavy atom. The summed E-state index contributed by atoms with van der Waals surface area (Å²) in [7, 11) is 1.66. The summed E-state index contributed by atoms with van der Waals surface area (Å²) >= 11 is 1.55. The first-order valence-corrected chi connectivity index (χ1v) is 5.04. The van der Waals surface area contributed by atoms with E-state index in [0.29, 0.717) is 6.73 Å². The van der Waals surface area contributed by atoms with Crippen LogP contribution in [-0.4, -0.2) is 32.0 Å². The molecule has 0 unspecified atom stereocenters. The zero-order valence-electron chi connectivity index (χ0n) is 7.52. The summed E-state index contributed by atoms with van der Waals surface area (Å²) in [6, 6.07) is 0. The van der Waals surface area contributed by atoms with Gasteiger partial charge in [0.05, 0.1) is 19.9 Å². The molecule has 0 saturated carbocycles. The molecule has 0 amide bonds. The number of thiazole rings is 1. The highest BCUT2D eigenvalue weighted by Gasteiger charge is 2.14. The van der Waals surface area contributed by atoms with Gasteiger partial charge in [-0.05, 0) is 6.42 Å². The lowest BCUT2D eigenvalue weighted by molar-refractivity contribution is 0.107. The molecule has 1 fully saturated rings. The molecule has 0 aliphatic carbocycles. The van der Waals surface area contributed by atoms with Crippen LogP contribution in [0.4, 0.5) is 5.13 Å². The molecule has 0 aromatic carbocycles. The van der Waals surface area contributed by atoms with E-state index >= 15 is 0 Å². The Bertz CT molecular complexity index is 271. The third-order valence-corrected chi connectivity index (χ3v) is 2.93. The molecule has 2 rings (SSSR count). The zero-order valence-corrected chi connectivity index (χ0v) is 8.34. The standard InChI is InChI=1S/C8H12N2O2S/c1-11-7-5-9-8(13-7)10-3-2-4-12-6-10/h5H,2-4,6H2,1H3. The Kier molecular flexibility index (Phi) is 2.65. The van der Waals surface area contributed by atoms with E-state index in [1.165, 1.54) is 0 Å². The molecule has 1 aromatic rings. The lowest BCUT2D eigenvalue weighted by atomic mass is 10.4. The molecule has 2 heterocycles. The van der Waals surface area contributed by atoms with Gasteiger partial charge in [-0.2, -0.15) is 0 Å². The molecular formula is C8H12N2O2S. The van der Waals surface area contributed by atoms with Crippen molar-refractivity contribution in [3.05, 3.63) is 6.20 Å². The molecular weight excluding hydrogens is 188 g/mol. The molecule has 72 valence electrons. The second-order valence-electron chi connectivity index (χ2n) is 2.82. The van der Waals surface area contributed by atoms with Gasteiger partial charge in [0, 0.05) is 6.54 Å². The maximum absolute atomic E-state index is 5.33. The van der Waals surface area contributed by atoms with E-state index in [4.69, 9.17) is 9.47 Å². The van der Waals surface area contributed by atoms with Gasteiger partial charge in [0.2, 0.25) is 0 Å². The number of aromatic nitrogens is 1. The van der Waals surface area contributed by atoms with E-state index in [-0.39, 0.29) is 0 Å². The molecule has 13 heavy (non-hydrogen) atoms. The Morgan fingerprint density at radius 3 is 3.23 bits per heavy atom. The molecule has 0 bridgehead atoms. The maximum Gasteiger partial charge on any atom is 0.195 e. The number of hydrogen-bond acceptors (Lipinski definition) is 5. The van der Waals surface area contributed by atoms with E-state index in [2.05, 4.69) is 9.88 Å². The smallest absolute Gasteiger partial charge is 0.195 e. The van der Waals surface area contributed by atoms with Gasteiger partial charge in [-0.15, -0.1) is 0 Å². The van der Waals surface area contributed by atoms with Crippen LogP contribution in [0.1, 0.15) is 6.42 Å². The summed E-state index contributed by atoms with van der Waals surface area (Å²) < 4.78 is 10.4. The fourth-order valence-electron chi connectivity index (χ4n) is 1.24. The first-order valence-electron chi connectivity index (χ1n) is 4.22. The minimum Gasteiger partial charge on any atom is -0.486 e. The highest BCUT2D eigenvalue weighted by molar-refractivity contribution is 7.17. The molecule has 1 saturated heterocycles. The first kappa shape index (κ1) is 8.77. The normalized spacial score (nSPS) is 17.5. The van der Waals surface area contributed by atoms with Crippen molar-refractivity contribution in [1.29, 1.82) is 0 Å². The maximum atomic E-state index is 5.33. The van der Waals surface area contributed by atoms with Crippen molar-refractivity contribution >= 4 is 16.5 Å². The Labute approximate surface area is 81.1 Å². The van der Waals surface area contributed by atoms with Crippen molar-refractivity contribution in [2.24, 2.45) is 0 Å². The van der Waals surface area contributed by atoms with E-state index in [0.717, 1.165) is 29.8 Å². The fraction of sp³-hybridized carbons (Fsp3) is 0.625. The molecule has 4 nitrogen and oxygen atoms in total. The van der Waals surface area contributed by atoms with Gasteiger partial charge in [-0.25, -0.2) is 4.98 Å². The van der Waals surface area contributed by atoms with E-state index < -0.39 is 0 Å². The van der Waals surface area contributed by atoms with Crippen molar-refractivity contribution in [2.75, 3.05) is 31.9 Å². The fourth-order valence-corrected chi connectivity index (χ4v) is 1.99. The molecule has 0 atom stereocenters. The number of ether oxygens (including phenoxy) is 2. The van der Waals surface area contributed by atoms with Crippen molar-refractivity contribution in [3.8, 4) is 5.06 Å². The van der Waals surface area contributed by atoms with Crippen LogP contribution in [0.3, 0.4) is 0 Å². The average molecular weight is 200 g/mol. The largest absolute Gasteiger partial charge is 0.486 e. The van der Waals surface area contributed by atoms with Crippen molar-refractivity contribution in [2.45, 2.75) is 6.42 Å². The van der Waals surface area contributed by atoms with Crippen molar-refractivity contribution < 1.29 is 9.47 Å². The number of anilines is 1. The minimum absolute atomic E-state index is 0.649. The van der Waals surface area contributed by atoms with Crippen LogP contribution < -0.4 is 9.64 Å². The quantitative estimate of drug-likeness (QED) is 0.721. The van der Waals surface area contributed by atoms with Crippen LogP contribution in [0.5, 0.6) is 5.06 Å². The summed E-state index contributed by atoms with van der Waals surface area (Å²) in [4.78, 5) is 6.37. The third-order valence-electron chi connectivity index (χ3n) is 1.91. The predicted molar refractivity (Wildman–Crippen MR) is 51.4 cm³/mol. The highest BCUT2D eigenvalue weighted by atomic mass is 32.1. The van der Waals surface area contributed by atoms with Crippen LogP contribution in [0.2, 0.25) is 0 Å². The van der Waals surface area contributed by atoms with E-state index in [1.807, 2.05) is 0 Å². The van der Waals surface area contributed by atoms with Crippen molar-refractivity contribution in [3.63, 3.8) is 0 Å². The monoisotopic (exact) mass is 200 g/mol. The number of rotatable bonds is 2. The number of hydrogen-bond donors (Lipinski definition) is 0. The van der Waals surface area contributed by atoms with Gasteiger partial charge in [-0.1, -0.05) is 11.3 Å². The van der Waals surface area contributed by atoms with E-state index in [1.54, 1.807) is 24.6 Å². The SMILES string of the molecule is COc1cnc(N2CCCOC2)s1. The Balaban J connectivity index is 2.05. The second kappa shape index (κ2) is 3.93. The van der Waals surface area contributed by atoms with Crippen LogP contribution in [-0.2, 0) is 4.74 Å². The topological polar surface area (TPSA) is 34.6 Å². The molecule has 0 spiro atoms. The Hall–Kier alpha value is -0.810. The minimum atomic E-state index is 0.649. The van der Waals surface area contributed by atoms with Crippen LogP contribution >= 0.6 is 11.3 Å². The van der Waals surface area contributed by atoms with Crippen molar-refractivity contribution in [1.82, 2.24) is 4.98 Å². The average Bonchev–Trinajstić information content (AvgIpc) is 2.67. The first-order chi connectivity index (χ1) is 6.40. The molecule has 1 aliphatic heterocycles. The van der Waals surface area contributed by atoms with Crippen LogP contribution in [0, 0.1) is 0 Å². The van der Waals surface area contributed by atoms with Gasteiger partial charge >= 0.3 is 0 Å². The van der Waals surface area contributed by atoms with Gasteiger partial charge in [0.1, 0.15) is 6.73 Å². The highest BCUT2D eigenvalue weighted by Crippen LogP contribution is 2.28. The lowest BCUT2D eigenvalue weighted by Gasteiger charge is -2.25. The van der Waals surface area contributed by atoms with Gasteiger partial charge in [0.25, 0.3) is 0 Å². The van der Waals surface area contributed by atoms with E-state index in [9.17, 15) is 0 Å². The number of methoxy groups -OCH3 is 1.